The normalized spacial score (nSPS) is 10.6. The van der Waals surface area contributed by atoms with E-state index in [1.165, 1.54) is 48.5 Å². The molecule has 0 aliphatic heterocycles. The third-order valence-corrected chi connectivity index (χ3v) is 4.78. The third kappa shape index (κ3) is 4.38. The van der Waals surface area contributed by atoms with Gasteiger partial charge in [0, 0.05) is 12.1 Å². The molecule has 0 amide bonds. The molecule has 2 aromatic carbocycles. The van der Waals surface area contributed by atoms with Crippen molar-refractivity contribution in [3.63, 3.8) is 0 Å². The lowest BCUT2D eigenvalue weighted by atomic mass is 10.3. The van der Waals surface area contributed by atoms with Crippen molar-refractivity contribution in [2.24, 2.45) is 0 Å². The Hall–Kier alpha value is -4.27. The van der Waals surface area contributed by atoms with Crippen molar-refractivity contribution in [2.45, 2.75) is 0 Å². The Morgan fingerprint density at radius 2 is 1.61 bits per heavy atom. The zero-order valence-corrected chi connectivity index (χ0v) is 17.6. The lowest BCUT2D eigenvalue weighted by molar-refractivity contribution is 0.447. The molecule has 0 radical (unpaired) electrons. The van der Waals surface area contributed by atoms with Crippen LogP contribution in [-0.4, -0.2) is 24.5 Å². The van der Waals surface area contributed by atoms with Gasteiger partial charge in [-0.1, -0.05) is 23.2 Å². The number of hydrogen-bond acceptors (Lipinski definition) is 7. The second-order valence-corrected chi connectivity index (χ2v) is 7.18. The summed E-state index contributed by atoms with van der Waals surface area (Å²) in [5, 5.41) is 16.6. The summed E-state index contributed by atoms with van der Waals surface area (Å²) in [4.78, 5) is 37.8. The van der Waals surface area contributed by atoms with Gasteiger partial charge in [-0.25, -0.2) is 9.18 Å². The van der Waals surface area contributed by atoms with E-state index in [-0.39, 0.29) is 27.4 Å². The number of rotatable bonds is 4. The first-order chi connectivity index (χ1) is 15.8. The van der Waals surface area contributed by atoms with Crippen molar-refractivity contribution in [3.05, 3.63) is 101 Å². The van der Waals surface area contributed by atoms with Crippen molar-refractivity contribution in [1.82, 2.24) is 24.5 Å². The summed E-state index contributed by atoms with van der Waals surface area (Å²) in [5.74, 6) is -0.575. The van der Waals surface area contributed by atoms with Crippen molar-refractivity contribution >= 4 is 23.2 Å². The van der Waals surface area contributed by atoms with Crippen molar-refractivity contribution in [3.8, 4) is 29.1 Å². The predicted octanol–water partition coefficient (Wildman–Crippen LogP) is 2.58. The van der Waals surface area contributed by atoms with Crippen molar-refractivity contribution in [2.75, 3.05) is 0 Å². The monoisotopic (exact) mass is 486 g/mol. The Balaban J connectivity index is 1.73. The quantitative estimate of drug-likeness (QED) is 0.467. The molecule has 0 atom stereocenters. The molecule has 10 nitrogen and oxygen atoms in total. The number of hydrogen-bond donors (Lipinski definition) is 1. The summed E-state index contributed by atoms with van der Waals surface area (Å²) in [7, 11) is 0. The number of nitriles is 1. The maximum Gasteiger partial charge on any atom is 0.349 e. The summed E-state index contributed by atoms with van der Waals surface area (Å²) < 4.78 is 20.6. The second kappa shape index (κ2) is 8.70. The molecule has 0 aliphatic rings. The number of nitrogens with zero attached hydrogens (tertiary/aromatic N) is 5. The van der Waals surface area contributed by atoms with Gasteiger partial charge in [-0.2, -0.15) is 14.6 Å². The molecule has 0 spiro atoms. The van der Waals surface area contributed by atoms with Crippen LogP contribution in [0.3, 0.4) is 0 Å². The average molecular weight is 487 g/mol. The fraction of sp³-hybridized carbons (Fsp3) is 0. The van der Waals surface area contributed by atoms with Crippen LogP contribution in [0.2, 0.25) is 10.0 Å². The molecule has 0 saturated carbocycles. The van der Waals surface area contributed by atoms with Crippen LogP contribution < -0.4 is 21.5 Å². The van der Waals surface area contributed by atoms with E-state index in [9.17, 15) is 18.8 Å². The summed E-state index contributed by atoms with van der Waals surface area (Å²) in [6, 6.07) is 11.7. The molecule has 0 saturated heterocycles. The van der Waals surface area contributed by atoms with Crippen molar-refractivity contribution in [1.29, 1.82) is 5.26 Å². The van der Waals surface area contributed by atoms with Crippen LogP contribution >= 0.6 is 23.2 Å². The molecule has 33 heavy (non-hydrogen) atoms. The Labute approximate surface area is 192 Å². The zero-order chi connectivity index (χ0) is 23.7. The minimum absolute atomic E-state index is 0.0446. The molecule has 0 aliphatic carbocycles. The van der Waals surface area contributed by atoms with Crippen LogP contribution in [0.5, 0.6) is 11.6 Å². The standard InChI is InChI=1S/C20H9Cl2FN6O4/c21-13-7-12(29-20(32)25-19(31)15(9-24)26-29)8-14(22)18(13)33-16-5-6-17(30)28(27-16)11-3-1-10(23)2-4-11/h1-8H,(H,25,31,32). The summed E-state index contributed by atoms with van der Waals surface area (Å²) >= 11 is 12.5. The highest BCUT2D eigenvalue weighted by atomic mass is 35.5. The molecule has 4 aromatic rings. The molecule has 164 valence electrons. The van der Waals surface area contributed by atoms with E-state index in [1.807, 2.05) is 4.98 Å². The molecule has 2 heterocycles. The molecule has 4 rings (SSSR count). The first kappa shape index (κ1) is 21.9. The van der Waals surface area contributed by atoms with E-state index in [0.29, 0.717) is 5.69 Å². The molecule has 0 unspecified atom stereocenters. The highest BCUT2D eigenvalue weighted by Crippen LogP contribution is 2.37. The number of halogens is 3. The van der Waals surface area contributed by atoms with E-state index < -0.39 is 28.3 Å². The summed E-state index contributed by atoms with van der Waals surface area (Å²) in [6.45, 7) is 0. The van der Waals surface area contributed by atoms with Gasteiger partial charge in [0.1, 0.15) is 11.9 Å². The van der Waals surface area contributed by atoms with Crippen molar-refractivity contribution < 1.29 is 9.13 Å². The van der Waals surface area contributed by atoms with Crippen LogP contribution in [0.25, 0.3) is 11.4 Å². The van der Waals surface area contributed by atoms with Crippen LogP contribution in [0.4, 0.5) is 4.39 Å². The van der Waals surface area contributed by atoms with E-state index in [1.54, 1.807) is 6.07 Å². The van der Waals surface area contributed by atoms with Gasteiger partial charge in [0.15, 0.2) is 5.75 Å². The fourth-order valence-corrected chi connectivity index (χ4v) is 3.29. The molecular formula is C20H9Cl2FN6O4. The highest BCUT2D eigenvalue weighted by Gasteiger charge is 2.16. The lowest BCUT2D eigenvalue weighted by Gasteiger charge is -2.12. The molecule has 13 heteroatoms. The number of H-pyrrole nitrogens is 1. The Morgan fingerprint density at radius 3 is 2.24 bits per heavy atom. The number of ether oxygens (including phenoxy) is 1. The largest absolute Gasteiger partial charge is 0.434 e. The average Bonchev–Trinajstić information content (AvgIpc) is 2.78. The van der Waals surface area contributed by atoms with Gasteiger partial charge in [-0.15, -0.1) is 10.2 Å². The van der Waals surface area contributed by atoms with Gasteiger partial charge in [-0.05, 0) is 36.4 Å². The van der Waals surface area contributed by atoms with E-state index >= 15 is 0 Å². The SMILES string of the molecule is N#Cc1nn(-c2cc(Cl)c(Oc3ccc(=O)n(-c4ccc(F)cc4)n3)c(Cl)c2)c(=O)[nH]c1=O. The minimum atomic E-state index is -0.932. The maximum absolute atomic E-state index is 13.2. The summed E-state index contributed by atoms with van der Waals surface area (Å²) in [5.41, 5.74) is -2.51. The first-order valence-corrected chi connectivity index (χ1v) is 9.70. The van der Waals surface area contributed by atoms with Crippen LogP contribution in [0, 0.1) is 17.1 Å². The number of benzene rings is 2. The maximum atomic E-state index is 13.2. The predicted molar refractivity (Wildman–Crippen MR) is 115 cm³/mol. The van der Waals surface area contributed by atoms with E-state index in [0.717, 1.165) is 9.36 Å². The van der Waals surface area contributed by atoms with Gasteiger partial charge >= 0.3 is 5.69 Å². The van der Waals surface area contributed by atoms with Gasteiger partial charge in [0.05, 0.1) is 21.4 Å². The molecule has 1 N–H and O–H groups in total. The number of aromatic amines is 1. The zero-order valence-electron chi connectivity index (χ0n) is 16.1. The Kier molecular flexibility index (Phi) is 5.78. The fourth-order valence-electron chi connectivity index (χ4n) is 2.74. The smallest absolute Gasteiger partial charge is 0.349 e. The minimum Gasteiger partial charge on any atom is -0.434 e. The Morgan fingerprint density at radius 1 is 0.939 bits per heavy atom. The summed E-state index contributed by atoms with van der Waals surface area (Å²) in [6.07, 6.45) is 0. The van der Waals surface area contributed by atoms with Crippen LogP contribution in [0.1, 0.15) is 5.69 Å². The number of nitrogens with one attached hydrogen (secondary N) is 1. The topological polar surface area (TPSA) is 136 Å². The van der Waals surface area contributed by atoms with Gasteiger partial charge in [0.2, 0.25) is 11.6 Å². The second-order valence-electron chi connectivity index (χ2n) is 6.37. The van der Waals surface area contributed by atoms with Crippen LogP contribution in [-0.2, 0) is 0 Å². The highest BCUT2D eigenvalue weighted by molar-refractivity contribution is 6.37. The first-order valence-electron chi connectivity index (χ1n) is 8.94. The van der Waals surface area contributed by atoms with E-state index in [4.69, 9.17) is 33.2 Å². The molecule has 0 fully saturated rings. The molecule has 0 bridgehead atoms. The lowest BCUT2D eigenvalue weighted by Crippen LogP contribution is -2.33. The van der Waals surface area contributed by atoms with E-state index in [2.05, 4.69) is 10.2 Å². The van der Waals surface area contributed by atoms with Gasteiger partial charge < -0.3 is 4.74 Å². The molecular weight excluding hydrogens is 478 g/mol. The molecule has 2 aromatic heterocycles. The van der Waals surface area contributed by atoms with Crippen LogP contribution in [0.15, 0.2) is 62.9 Å². The third-order valence-electron chi connectivity index (χ3n) is 4.22. The Bertz CT molecular complexity index is 1580. The van der Waals surface area contributed by atoms with Gasteiger partial charge in [-0.3, -0.25) is 14.6 Å². The number of aromatic nitrogens is 5. The van der Waals surface area contributed by atoms with Gasteiger partial charge in [0.25, 0.3) is 11.1 Å².